The standard InChI is InChI=1S/C11H9NO/c1-8(13)10-7-6-9-4-2-3-5-11(9)12-10/h2-7,13H,1H2/p-1. The Hall–Kier alpha value is -1.83. The van der Waals surface area contributed by atoms with Crippen molar-refractivity contribution in [2.24, 2.45) is 0 Å². The summed E-state index contributed by atoms with van der Waals surface area (Å²) in [6.45, 7) is 3.31. The summed E-state index contributed by atoms with van der Waals surface area (Å²) in [5.41, 5.74) is 1.25. The Bertz CT molecular complexity index is 462. The largest absolute Gasteiger partial charge is 0.871 e. The first-order valence-electron chi connectivity index (χ1n) is 3.99. The molecule has 0 spiro atoms. The first kappa shape index (κ1) is 7.80. The summed E-state index contributed by atoms with van der Waals surface area (Å²) in [6.07, 6.45) is 0. The van der Waals surface area contributed by atoms with Crippen LogP contribution >= 0.6 is 0 Å². The van der Waals surface area contributed by atoms with Crippen LogP contribution in [0.3, 0.4) is 0 Å². The number of rotatable bonds is 1. The molecule has 0 amide bonds. The third-order valence-electron chi connectivity index (χ3n) is 1.88. The fraction of sp³-hybridized carbons (Fsp3) is 0. The minimum atomic E-state index is -0.245. The minimum absolute atomic E-state index is 0.245. The smallest absolute Gasteiger partial charge is 0.0708 e. The second kappa shape index (κ2) is 2.90. The summed E-state index contributed by atoms with van der Waals surface area (Å²) in [4.78, 5) is 4.16. The van der Waals surface area contributed by atoms with Gasteiger partial charge in [-0.05, 0) is 12.1 Å². The summed E-state index contributed by atoms with van der Waals surface area (Å²) in [7, 11) is 0. The monoisotopic (exact) mass is 170 g/mol. The van der Waals surface area contributed by atoms with Gasteiger partial charge in [-0.1, -0.05) is 30.0 Å². The topological polar surface area (TPSA) is 36.0 Å². The average molecular weight is 170 g/mol. The van der Waals surface area contributed by atoms with E-state index >= 15 is 0 Å². The predicted molar refractivity (Wildman–Crippen MR) is 50.8 cm³/mol. The van der Waals surface area contributed by atoms with Gasteiger partial charge in [0, 0.05) is 5.39 Å². The Morgan fingerprint density at radius 1 is 1.15 bits per heavy atom. The third kappa shape index (κ3) is 1.38. The van der Waals surface area contributed by atoms with Crippen LogP contribution in [0.2, 0.25) is 0 Å². The molecule has 2 nitrogen and oxygen atoms in total. The Morgan fingerprint density at radius 3 is 2.69 bits per heavy atom. The Balaban J connectivity index is 2.69. The van der Waals surface area contributed by atoms with Crippen molar-refractivity contribution in [3.05, 3.63) is 48.7 Å². The van der Waals surface area contributed by atoms with E-state index in [2.05, 4.69) is 11.6 Å². The highest BCUT2D eigenvalue weighted by molar-refractivity contribution is 5.79. The van der Waals surface area contributed by atoms with Crippen molar-refractivity contribution in [2.45, 2.75) is 0 Å². The Kier molecular flexibility index (Phi) is 1.74. The van der Waals surface area contributed by atoms with Gasteiger partial charge in [0.05, 0.1) is 11.2 Å². The van der Waals surface area contributed by atoms with E-state index in [0.29, 0.717) is 5.69 Å². The number of para-hydroxylation sites is 1. The lowest BCUT2D eigenvalue weighted by molar-refractivity contribution is -0.243. The summed E-state index contributed by atoms with van der Waals surface area (Å²) in [6, 6.07) is 11.2. The maximum Gasteiger partial charge on any atom is 0.0708 e. The molecule has 0 aliphatic rings. The van der Waals surface area contributed by atoms with E-state index in [1.807, 2.05) is 30.3 Å². The van der Waals surface area contributed by atoms with Crippen LogP contribution in [0, 0.1) is 0 Å². The number of benzene rings is 1. The summed E-state index contributed by atoms with van der Waals surface area (Å²) < 4.78 is 0. The highest BCUT2D eigenvalue weighted by atomic mass is 16.3. The van der Waals surface area contributed by atoms with Gasteiger partial charge < -0.3 is 5.11 Å². The average Bonchev–Trinajstić information content (AvgIpc) is 2.17. The molecule has 0 saturated heterocycles. The molecule has 0 aliphatic heterocycles. The Morgan fingerprint density at radius 2 is 1.92 bits per heavy atom. The lowest BCUT2D eigenvalue weighted by atomic mass is 10.2. The summed E-state index contributed by atoms with van der Waals surface area (Å²) >= 11 is 0. The molecule has 0 bridgehead atoms. The van der Waals surface area contributed by atoms with E-state index in [1.165, 1.54) is 0 Å². The van der Waals surface area contributed by atoms with E-state index < -0.39 is 0 Å². The van der Waals surface area contributed by atoms with Gasteiger partial charge in [0.15, 0.2) is 0 Å². The van der Waals surface area contributed by atoms with E-state index in [1.54, 1.807) is 6.07 Å². The molecule has 1 aromatic heterocycles. The summed E-state index contributed by atoms with van der Waals surface area (Å²) in [5, 5.41) is 12.0. The van der Waals surface area contributed by atoms with E-state index in [-0.39, 0.29) is 5.76 Å². The maximum absolute atomic E-state index is 10.9. The number of aromatic nitrogens is 1. The van der Waals surface area contributed by atoms with Crippen LogP contribution in [0.15, 0.2) is 43.0 Å². The maximum atomic E-state index is 10.9. The van der Waals surface area contributed by atoms with Crippen LogP contribution in [-0.4, -0.2) is 4.98 Å². The lowest BCUT2D eigenvalue weighted by Gasteiger charge is -2.08. The fourth-order valence-electron chi connectivity index (χ4n) is 1.22. The van der Waals surface area contributed by atoms with Crippen LogP contribution in [0.4, 0.5) is 0 Å². The predicted octanol–water partition coefficient (Wildman–Crippen LogP) is 1.57. The molecule has 0 aliphatic carbocycles. The van der Waals surface area contributed by atoms with Crippen LogP contribution in [-0.2, 0) is 0 Å². The molecule has 0 fully saturated rings. The molecule has 1 aromatic carbocycles. The molecule has 0 N–H and O–H groups in total. The van der Waals surface area contributed by atoms with Crippen LogP contribution in [0.1, 0.15) is 5.69 Å². The highest BCUT2D eigenvalue weighted by Crippen LogP contribution is 2.13. The molecular formula is C11H8NO-. The number of hydrogen-bond acceptors (Lipinski definition) is 2. The molecule has 2 aromatic rings. The number of nitrogens with zero attached hydrogens (tertiary/aromatic N) is 1. The van der Waals surface area contributed by atoms with Gasteiger partial charge in [0.2, 0.25) is 0 Å². The number of pyridine rings is 1. The molecule has 2 heteroatoms. The van der Waals surface area contributed by atoms with Gasteiger partial charge in [0.25, 0.3) is 0 Å². The molecule has 0 radical (unpaired) electrons. The van der Waals surface area contributed by atoms with E-state index in [0.717, 1.165) is 10.9 Å². The van der Waals surface area contributed by atoms with Crippen molar-refractivity contribution in [1.82, 2.24) is 4.98 Å². The molecule has 64 valence electrons. The van der Waals surface area contributed by atoms with Crippen molar-refractivity contribution in [3.8, 4) is 0 Å². The van der Waals surface area contributed by atoms with E-state index in [4.69, 9.17) is 0 Å². The number of fused-ring (bicyclic) bond motifs is 1. The quantitative estimate of drug-likeness (QED) is 0.609. The van der Waals surface area contributed by atoms with Crippen molar-refractivity contribution in [2.75, 3.05) is 0 Å². The molecular weight excluding hydrogens is 162 g/mol. The highest BCUT2D eigenvalue weighted by Gasteiger charge is 1.94. The molecule has 1 heterocycles. The van der Waals surface area contributed by atoms with Gasteiger partial charge in [0.1, 0.15) is 0 Å². The van der Waals surface area contributed by atoms with Crippen LogP contribution in [0.25, 0.3) is 16.7 Å². The normalized spacial score (nSPS) is 10.2. The zero-order chi connectivity index (χ0) is 9.26. The fourth-order valence-corrected chi connectivity index (χ4v) is 1.22. The molecule has 2 rings (SSSR count). The molecule has 0 unspecified atom stereocenters. The first-order chi connectivity index (χ1) is 6.27. The van der Waals surface area contributed by atoms with Gasteiger partial charge in [-0.15, -0.1) is 6.58 Å². The summed E-state index contributed by atoms with van der Waals surface area (Å²) in [5.74, 6) is -0.245. The van der Waals surface area contributed by atoms with Gasteiger partial charge >= 0.3 is 0 Å². The SMILES string of the molecule is C=C([O-])c1ccc2ccccc2n1. The van der Waals surface area contributed by atoms with Gasteiger partial charge in [-0.25, -0.2) is 4.98 Å². The van der Waals surface area contributed by atoms with Crippen molar-refractivity contribution < 1.29 is 5.11 Å². The zero-order valence-corrected chi connectivity index (χ0v) is 7.03. The zero-order valence-electron chi connectivity index (χ0n) is 7.03. The third-order valence-corrected chi connectivity index (χ3v) is 1.88. The van der Waals surface area contributed by atoms with E-state index in [9.17, 15) is 5.11 Å². The van der Waals surface area contributed by atoms with Crippen LogP contribution in [0.5, 0.6) is 0 Å². The molecule has 0 saturated carbocycles. The van der Waals surface area contributed by atoms with Crippen LogP contribution < -0.4 is 5.11 Å². The molecule has 0 atom stereocenters. The first-order valence-corrected chi connectivity index (χ1v) is 3.99. The lowest BCUT2D eigenvalue weighted by Crippen LogP contribution is -2.01. The second-order valence-corrected chi connectivity index (χ2v) is 2.81. The van der Waals surface area contributed by atoms with Crippen molar-refractivity contribution in [3.63, 3.8) is 0 Å². The minimum Gasteiger partial charge on any atom is -0.871 e. The van der Waals surface area contributed by atoms with Crippen molar-refractivity contribution >= 4 is 16.7 Å². The van der Waals surface area contributed by atoms with Crippen molar-refractivity contribution in [1.29, 1.82) is 0 Å². The van der Waals surface area contributed by atoms with Gasteiger partial charge in [-0.2, -0.15) is 0 Å². The molecule has 13 heavy (non-hydrogen) atoms. The number of hydrogen-bond donors (Lipinski definition) is 0. The second-order valence-electron chi connectivity index (χ2n) is 2.81. The van der Waals surface area contributed by atoms with Gasteiger partial charge in [-0.3, -0.25) is 0 Å². The Labute approximate surface area is 76.2 Å².